The number of aliphatic hydroxyl groups is 2. The minimum Gasteiger partial charge on any atom is -1.00 e. The Bertz CT molecular complexity index is 3770. The minimum atomic E-state index is -3.36. The standard InChI is InChI=1S/C17H25N2O6P.C16H27NO10P2.C14H18O5.C12H16O4.C9H10O3.C3H7BrO.CH2O3.2K.H/c1-5-6-9-23-17-12-15(19(20)21)14(11-16(17)22-3)13(2)25-26(4)24-10-7-8-18;1-12(27-29(6,21)24-4)13-10-15(22-2)16(11-14(13)17(18)19)25-8-7-9-26-28(5,20)23-3;1-10(15)12-5-6-13(14(9-12)17-3)19-8-4-7-18-11(2)16;1-9(14)10-4-5-11(12(8-10)15-2)16-7-3-6-13;1-6(10)7-3-4-8(11)9(5-7)12-2;4-2-1-3-5;2-1-4-3;;;/h11-13H,5-7,9-10H2,1-4H3;10-12H,7-9H2,1-6H3;5-6,9H,4,7-8H2,1-3H3;4-5,8,13H,3,6-7H2,1-2H3;3-5,11H,1-2H3;5H,1-3H2;1,3H;;;/q;;;;;;;2*+1;-1/p-1. The Hall–Kier alpha value is -5.38. The van der Waals surface area contributed by atoms with Gasteiger partial charge in [0.05, 0.1) is 140 Å². The summed E-state index contributed by atoms with van der Waals surface area (Å²) in [5.74, 6) is 3.32. The molecular formula is C72H105BrK2N3O32P3. The molecule has 0 spiro atoms. The van der Waals surface area contributed by atoms with Crippen molar-refractivity contribution in [3.8, 4) is 63.6 Å². The number of phenolic OH excluding ortho intramolecular Hbond substituents is 1. The SMILES string of the molecule is CCCCOc1cc([N+](=O)[O-])c(C(C)OP(C)OCCC#N)cc1OC.COc1cc(C(C)=O)ccc1O.COc1cc(C(C)=O)ccc1OCCCO.COc1cc(C(C)=O)ccc1OCCCOC(C)=O.COc1cc(C(C)OP(C)(=O)OC)c([N+](=O)[O-])cc1OCCCOP(C)(=O)OC.O=CO[O-].OCCCBr.[H-].[K+].[K+]. The second kappa shape index (κ2) is 66.6. The van der Waals surface area contributed by atoms with Gasteiger partial charge in [0.15, 0.2) is 83.2 Å². The van der Waals surface area contributed by atoms with Crippen LogP contribution in [0, 0.1) is 31.6 Å². The van der Waals surface area contributed by atoms with Gasteiger partial charge in [-0.3, -0.25) is 53.3 Å². The van der Waals surface area contributed by atoms with Crippen molar-refractivity contribution in [2.45, 2.75) is 106 Å². The molecule has 0 aliphatic carbocycles. The van der Waals surface area contributed by atoms with Crippen molar-refractivity contribution < 1.29 is 247 Å². The Morgan fingerprint density at radius 2 is 0.965 bits per heavy atom. The van der Waals surface area contributed by atoms with Crippen molar-refractivity contribution in [2.24, 2.45) is 0 Å². The molecule has 0 aromatic heterocycles. The Kier molecular flexibility index (Phi) is 67.2. The molecule has 5 aromatic rings. The molecule has 0 radical (unpaired) electrons. The van der Waals surface area contributed by atoms with Crippen LogP contribution in [-0.4, -0.2) is 190 Å². The van der Waals surface area contributed by atoms with Gasteiger partial charge in [0.1, 0.15) is 0 Å². The van der Waals surface area contributed by atoms with E-state index in [1.165, 1.54) is 128 Å². The molecule has 0 saturated heterocycles. The summed E-state index contributed by atoms with van der Waals surface area (Å²) in [6.07, 6.45) is 2.99. The molecule has 0 bridgehead atoms. The summed E-state index contributed by atoms with van der Waals surface area (Å²) in [6, 6.07) is 22.1. The van der Waals surface area contributed by atoms with Crippen molar-refractivity contribution in [2.75, 3.05) is 135 Å². The van der Waals surface area contributed by atoms with Gasteiger partial charge in [-0.05, 0) is 114 Å². The predicted molar refractivity (Wildman–Crippen MR) is 413 cm³/mol. The van der Waals surface area contributed by atoms with Crippen molar-refractivity contribution >= 4 is 80.7 Å². The summed E-state index contributed by atoms with van der Waals surface area (Å²) in [6.45, 7) is 17.8. The number of ketones is 3. The van der Waals surface area contributed by atoms with E-state index in [2.05, 4.69) is 20.8 Å². The molecule has 0 heterocycles. The number of hydrogen-bond acceptors (Lipinski definition) is 33. The molecule has 35 nitrogen and oxygen atoms in total. The Morgan fingerprint density at radius 1 is 0.575 bits per heavy atom. The molecule has 0 aliphatic heterocycles. The molecule has 5 rings (SSSR count). The first-order chi connectivity index (χ1) is 52.6. The number of aromatic hydroxyl groups is 1. The van der Waals surface area contributed by atoms with Crippen molar-refractivity contribution in [1.82, 2.24) is 0 Å². The fraction of sp³-hybridized carbons (Fsp3) is 0.500. The van der Waals surface area contributed by atoms with E-state index in [1.54, 1.807) is 62.1 Å². The van der Waals surface area contributed by atoms with Crippen LogP contribution in [0.15, 0.2) is 78.9 Å². The van der Waals surface area contributed by atoms with Crippen molar-refractivity contribution in [1.29, 1.82) is 5.26 Å². The number of nitro groups is 2. The number of rotatable bonds is 43. The zero-order chi connectivity index (χ0) is 84.7. The first-order valence-corrected chi connectivity index (χ1v) is 40.5. The number of carbonyl (C=O) groups excluding carboxylic acids is 5. The molecule has 113 heavy (non-hydrogen) atoms. The number of hydrogen-bond donors (Lipinski definition) is 3. The molecule has 5 aromatic carbocycles. The Labute approximate surface area is 755 Å². The first kappa shape index (κ1) is 114. The van der Waals surface area contributed by atoms with Crippen LogP contribution in [0.2, 0.25) is 0 Å². The second-order valence-corrected chi connectivity index (χ2v) is 28.6. The van der Waals surface area contributed by atoms with E-state index in [0.717, 1.165) is 24.6 Å². The van der Waals surface area contributed by atoms with Crippen LogP contribution in [0.25, 0.3) is 0 Å². The molecule has 0 aliphatic rings. The largest absolute Gasteiger partial charge is 1.00 e. The van der Waals surface area contributed by atoms with Crippen LogP contribution in [0.5, 0.6) is 57.5 Å². The predicted octanol–water partition coefficient (Wildman–Crippen LogP) is 7.95. The molecule has 41 heteroatoms. The number of ether oxygens (including phenoxy) is 10. The number of benzene rings is 5. The van der Waals surface area contributed by atoms with Gasteiger partial charge < -0.3 is 101 Å². The van der Waals surface area contributed by atoms with E-state index in [1.807, 2.05) is 13.0 Å². The molecule has 624 valence electrons. The number of methoxy groups -OCH3 is 5. The molecule has 0 saturated carbocycles. The normalized spacial score (nSPS) is 11.8. The fourth-order valence-corrected chi connectivity index (χ4v) is 10.6. The smallest absolute Gasteiger partial charge is 1.00 e. The van der Waals surface area contributed by atoms with E-state index < -0.39 is 45.6 Å². The van der Waals surface area contributed by atoms with Gasteiger partial charge in [0, 0.05) is 95.6 Å². The van der Waals surface area contributed by atoms with E-state index in [4.69, 9.17) is 100 Å². The topological polar surface area (TPSA) is 470 Å². The second-order valence-electron chi connectivity index (χ2n) is 22.2. The van der Waals surface area contributed by atoms with Gasteiger partial charge in [-0.1, -0.05) is 29.3 Å². The van der Waals surface area contributed by atoms with Gasteiger partial charge >= 0.3 is 124 Å². The zero-order valence-corrected chi connectivity index (χ0v) is 78.0. The third kappa shape index (κ3) is 49.5. The summed E-state index contributed by atoms with van der Waals surface area (Å²) in [4.78, 5) is 77.1. The number of carbonyl (C=O) groups is 5. The molecule has 3 N–H and O–H groups in total. The third-order valence-electron chi connectivity index (χ3n) is 13.8. The number of aliphatic hydroxyl groups excluding tert-OH is 2. The maximum atomic E-state index is 12.1. The Balaban J connectivity index is -0.000000429. The van der Waals surface area contributed by atoms with Gasteiger partial charge in [-0.25, -0.2) is 0 Å². The molecule has 5 atom stereocenters. The quantitative estimate of drug-likeness (QED) is 0.00318. The number of Topliss-reactive ketones (excluding diaryl/α,β-unsaturated/α-hetero) is 3. The number of halogens is 1. The van der Waals surface area contributed by atoms with Crippen molar-refractivity contribution in [3.05, 3.63) is 127 Å². The summed E-state index contributed by atoms with van der Waals surface area (Å²) < 4.78 is 107. The fourth-order valence-electron chi connectivity index (χ4n) is 8.08. The molecule has 5 unspecified atom stereocenters. The third-order valence-corrected chi connectivity index (χ3v) is 18.2. The first-order valence-electron chi connectivity index (χ1n) is 33.7. The molecule has 0 fully saturated rings. The summed E-state index contributed by atoms with van der Waals surface area (Å²) in [5.41, 5.74) is 1.87. The van der Waals surface area contributed by atoms with Crippen LogP contribution >= 0.6 is 39.5 Å². The van der Waals surface area contributed by atoms with Crippen molar-refractivity contribution in [3.63, 3.8) is 0 Å². The summed E-state index contributed by atoms with van der Waals surface area (Å²) in [7, 11) is 2.17. The number of nitro benzene ring substituents is 2. The van der Waals surface area contributed by atoms with Crippen LogP contribution in [0.4, 0.5) is 11.4 Å². The number of nitrogens with zero attached hydrogens (tertiary/aromatic N) is 3. The zero-order valence-electron chi connectivity index (χ0n) is 68.5. The number of nitriles is 1. The summed E-state index contributed by atoms with van der Waals surface area (Å²) >= 11 is 3.15. The molecule has 0 amide bonds. The van der Waals surface area contributed by atoms with Crippen LogP contribution in [0.3, 0.4) is 0 Å². The Morgan fingerprint density at radius 3 is 1.33 bits per heavy atom. The van der Waals surface area contributed by atoms with Gasteiger partial charge in [-0.15, -0.1) is 0 Å². The van der Waals surface area contributed by atoms with E-state index >= 15 is 0 Å². The summed E-state index contributed by atoms with van der Waals surface area (Å²) in [5, 5.41) is 66.7. The minimum absolute atomic E-state index is 0. The van der Waals surface area contributed by atoms with E-state index in [9.17, 15) is 53.6 Å². The maximum Gasteiger partial charge on any atom is 1.00 e. The van der Waals surface area contributed by atoms with E-state index in [-0.39, 0.29) is 201 Å². The number of phenols is 1. The van der Waals surface area contributed by atoms with E-state index in [0.29, 0.717) is 115 Å². The average molecular weight is 1780 g/mol. The molecular weight excluding hydrogens is 1670 g/mol. The van der Waals surface area contributed by atoms with Gasteiger partial charge in [-0.2, -0.15) is 5.26 Å². The average Bonchev–Trinajstić information content (AvgIpc) is 0.792. The van der Waals surface area contributed by atoms with Gasteiger partial charge in [0.25, 0.3) is 17.8 Å². The number of unbranched alkanes of at least 4 members (excludes halogenated alkanes) is 1. The number of alkyl halides is 1. The maximum absolute atomic E-state index is 12.1. The number of esters is 1. The van der Waals surface area contributed by atoms with Crippen LogP contribution in [-0.2, 0) is 55.5 Å². The van der Waals surface area contributed by atoms with Crippen LogP contribution < -0.4 is 151 Å². The van der Waals surface area contributed by atoms with Gasteiger partial charge in [0.2, 0.25) is 0 Å². The monoisotopic (exact) mass is 1770 g/mol. The van der Waals surface area contributed by atoms with Crippen LogP contribution in [0.1, 0.15) is 149 Å².